The molecule has 3 amide bonds. The molecule has 4 rings (SSSR count). The van der Waals surface area contributed by atoms with Crippen molar-refractivity contribution < 1.29 is 19.5 Å². The third-order valence-electron chi connectivity index (χ3n) is 8.05. The smallest absolute Gasteiger partial charge is 0.244 e. The predicted molar refractivity (Wildman–Crippen MR) is 150 cm³/mol. The van der Waals surface area contributed by atoms with Gasteiger partial charge in [-0.1, -0.05) is 73.5 Å². The highest BCUT2D eigenvalue weighted by molar-refractivity contribution is 9.09. The second kappa shape index (κ2) is 11.7. The van der Waals surface area contributed by atoms with Crippen LogP contribution in [0.5, 0.6) is 0 Å². The summed E-state index contributed by atoms with van der Waals surface area (Å²) in [6, 6.07) is 8.52. The summed E-state index contributed by atoms with van der Waals surface area (Å²) in [7, 11) is 0. The third-order valence-corrected chi connectivity index (χ3v) is 11.3. The van der Waals surface area contributed by atoms with Gasteiger partial charge in [-0.05, 0) is 37.7 Å². The number of amides is 3. The molecule has 7 nitrogen and oxygen atoms in total. The van der Waals surface area contributed by atoms with Crippen molar-refractivity contribution in [2.45, 2.75) is 92.9 Å². The van der Waals surface area contributed by atoms with Gasteiger partial charge in [0.1, 0.15) is 6.04 Å². The Morgan fingerprint density at radius 1 is 1.22 bits per heavy atom. The van der Waals surface area contributed by atoms with E-state index >= 15 is 0 Å². The number of hydrogen-bond acceptors (Lipinski definition) is 5. The van der Waals surface area contributed by atoms with Crippen LogP contribution in [0, 0.1) is 17.8 Å². The quantitative estimate of drug-likeness (QED) is 0.341. The number of alkyl halides is 1. The number of hydrogen-bond donors (Lipinski definition) is 3. The van der Waals surface area contributed by atoms with Gasteiger partial charge in [0.05, 0.1) is 29.2 Å². The van der Waals surface area contributed by atoms with Gasteiger partial charge in [-0.2, -0.15) is 0 Å². The first kappa shape index (κ1) is 28.4. The predicted octanol–water partition coefficient (Wildman–Crippen LogP) is 3.48. The van der Waals surface area contributed by atoms with Gasteiger partial charge >= 0.3 is 0 Å². The molecule has 0 radical (unpaired) electrons. The third kappa shape index (κ3) is 5.33. The fourth-order valence-electron chi connectivity index (χ4n) is 6.61. The van der Waals surface area contributed by atoms with Crippen molar-refractivity contribution in [2.75, 3.05) is 6.61 Å². The van der Waals surface area contributed by atoms with Crippen molar-refractivity contribution in [3.05, 3.63) is 35.9 Å². The fraction of sp³-hybridized carbons (Fsp3) is 0.679. The minimum absolute atomic E-state index is 0.0177. The lowest BCUT2D eigenvalue weighted by Gasteiger charge is -2.38. The Kier molecular flexibility index (Phi) is 8.96. The summed E-state index contributed by atoms with van der Waals surface area (Å²) in [4.78, 5) is 43.4. The van der Waals surface area contributed by atoms with Crippen LogP contribution in [0.15, 0.2) is 30.3 Å². The van der Waals surface area contributed by atoms with Crippen LogP contribution in [-0.2, 0) is 20.9 Å². The van der Waals surface area contributed by atoms with Crippen LogP contribution in [0.4, 0.5) is 0 Å². The summed E-state index contributed by atoms with van der Waals surface area (Å²) in [5.41, 5.74) is 0.996. The van der Waals surface area contributed by atoms with Crippen LogP contribution < -0.4 is 10.6 Å². The van der Waals surface area contributed by atoms with Crippen molar-refractivity contribution >= 4 is 45.4 Å². The Labute approximate surface area is 233 Å². The van der Waals surface area contributed by atoms with Gasteiger partial charge in [0, 0.05) is 22.7 Å². The molecule has 9 heteroatoms. The maximum Gasteiger partial charge on any atom is 0.244 e. The summed E-state index contributed by atoms with van der Waals surface area (Å²) >= 11 is 5.44. The van der Waals surface area contributed by atoms with Gasteiger partial charge in [-0.15, -0.1) is 11.8 Å². The van der Waals surface area contributed by atoms with Gasteiger partial charge in [0.15, 0.2) is 0 Å². The molecule has 0 aromatic heterocycles. The maximum atomic E-state index is 14.2. The number of nitrogens with zero attached hydrogens (tertiary/aromatic N) is 1. The molecule has 8 atom stereocenters. The monoisotopic (exact) mass is 593 g/mol. The Morgan fingerprint density at radius 2 is 1.92 bits per heavy atom. The van der Waals surface area contributed by atoms with E-state index in [-0.39, 0.29) is 46.4 Å². The van der Waals surface area contributed by atoms with Crippen LogP contribution in [0.25, 0.3) is 0 Å². The lowest BCUT2D eigenvalue weighted by molar-refractivity contribution is -0.143. The largest absolute Gasteiger partial charge is 0.394 e. The number of thioether (sulfide) groups is 1. The average Bonchev–Trinajstić information content (AvgIpc) is 3.45. The van der Waals surface area contributed by atoms with Crippen molar-refractivity contribution in [1.82, 2.24) is 15.5 Å². The van der Waals surface area contributed by atoms with Gasteiger partial charge in [-0.25, -0.2) is 0 Å². The summed E-state index contributed by atoms with van der Waals surface area (Å²) in [5.74, 6) is -1.37. The Balaban J connectivity index is 1.68. The molecule has 0 saturated carbocycles. The van der Waals surface area contributed by atoms with Crippen molar-refractivity contribution in [2.24, 2.45) is 17.8 Å². The lowest BCUT2D eigenvalue weighted by atomic mass is 9.70. The van der Waals surface area contributed by atoms with Crippen LogP contribution in [0.1, 0.15) is 58.9 Å². The van der Waals surface area contributed by atoms with Gasteiger partial charge in [0.25, 0.3) is 0 Å². The molecule has 37 heavy (non-hydrogen) atoms. The molecule has 1 spiro atoms. The van der Waals surface area contributed by atoms with Gasteiger partial charge in [-0.3, -0.25) is 14.4 Å². The van der Waals surface area contributed by atoms with Gasteiger partial charge < -0.3 is 20.6 Å². The number of aliphatic hydroxyl groups is 1. The van der Waals surface area contributed by atoms with E-state index in [1.807, 2.05) is 37.3 Å². The van der Waals surface area contributed by atoms with E-state index < -0.39 is 28.7 Å². The molecule has 3 aliphatic rings. The number of fused-ring (bicyclic) bond motifs is 1. The molecule has 1 aromatic carbocycles. The molecule has 204 valence electrons. The highest BCUT2D eigenvalue weighted by Gasteiger charge is 2.76. The molecule has 3 heterocycles. The molecule has 1 aromatic rings. The summed E-state index contributed by atoms with van der Waals surface area (Å²) in [6.07, 6.45) is 3.02. The van der Waals surface area contributed by atoms with E-state index in [4.69, 9.17) is 0 Å². The number of rotatable bonds is 11. The summed E-state index contributed by atoms with van der Waals surface area (Å²) in [6.45, 7) is 8.35. The second-order valence-electron chi connectivity index (χ2n) is 11.3. The van der Waals surface area contributed by atoms with Crippen LogP contribution >= 0.6 is 27.7 Å². The number of aliphatic hydroxyl groups excluding tert-OH is 1. The van der Waals surface area contributed by atoms with Crippen LogP contribution in [-0.4, -0.2) is 67.3 Å². The zero-order chi connectivity index (χ0) is 26.9. The fourth-order valence-corrected chi connectivity index (χ4v) is 10.2. The van der Waals surface area contributed by atoms with E-state index in [2.05, 4.69) is 47.3 Å². The van der Waals surface area contributed by atoms with E-state index in [0.717, 1.165) is 18.4 Å². The number of nitrogens with one attached hydrogen (secondary N) is 2. The Bertz CT molecular complexity index is 995. The first-order valence-corrected chi connectivity index (χ1v) is 15.3. The number of likely N-dealkylation sites (tertiary alicyclic amines) is 1. The molecule has 3 saturated heterocycles. The second-order valence-corrected chi connectivity index (χ2v) is 14.0. The topological polar surface area (TPSA) is 98.7 Å². The first-order valence-electron chi connectivity index (χ1n) is 13.5. The van der Waals surface area contributed by atoms with Crippen LogP contribution in [0.3, 0.4) is 0 Å². The van der Waals surface area contributed by atoms with E-state index in [9.17, 15) is 19.5 Å². The molecule has 3 aliphatic heterocycles. The molecule has 0 aliphatic carbocycles. The Morgan fingerprint density at radius 3 is 2.54 bits per heavy atom. The minimum atomic E-state index is -0.720. The standard InChI is InChI=1S/C28H40BrN3O4S/c1-5-9-17(4)31-26(35)24-28-13-20(29)23(37-28)21(25(34)30-14-18-10-7-6-8-11-18)22(28)27(36)32(24)19(15-33)12-16(2)3/h6-8,10-11,16-17,19-24,33H,5,9,12-15H2,1-4H3,(H,30,34)(H,31,35)/t17?,19-,20?,21+,22+,23+,24?,28?/m1/s1. The highest BCUT2D eigenvalue weighted by atomic mass is 79.9. The maximum absolute atomic E-state index is 14.2. The minimum Gasteiger partial charge on any atom is -0.394 e. The van der Waals surface area contributed by atoms with Crippen LogP contribution in [0.2, 0.25) is 0 Å². The number of halogens is 1. The average molecular weight is 595 g/mol. The summed E-state index contributed by atoms with van der Waals surface area (Å²) < 4.78 is -0.703. The van der Waals surface area contributed by atoms with Crippen molar-refractivity contribution in [1.29, 1.82) is 0 Å². The normalized spacial score (nSPS) is 31.9. The lowest BCUT2D eigenvalue weighted by Crippen LogP contribution is -2.58. The molecular weight excluding hydrogens is 554 g/mol. The SMILES string of the molecule is CCCC(C)NC(=O)C1N([C@@H](CO)CC(C)C)C(=O)[C@@H]2[C@H](C(=O)NCc3ccccc3)[C@H]3SC12CC3Br. The van der Waals surface area contributed by atoms with E-state index in [1.54, 1.807) is 16.7 Å². The van der Waals surface area contributed by atoms with Crippen molar-refractivity contribution in [3.63, 3.8) is 0 Å². The van der Waals surface area contributed by atoms with Gasteiger partial charge in [0.2, 0.25) is 17.7 Å². The number of carbonyl (C=O) groups is 3. The highest BCUT2D eigenvalue weighted by Crippen LogP contribution is 2.68. The molecule has 4 unspecified atom stereocenters. The Hall–Kier alpha value is -1.58. The zero-order valence-electron chi connectivity index (χ0n) is 22.2. The van der Waals surface area contributed by atoms with E-state index in [0.29, 0.717) is 19.4 Å². The molecule has 2 bridgehead atoms. The molecule has 3 N–H and O–H groups in total. The first-order chi connectivity index (χ1) is 17.6. The van der Waals surface area contributed by atoms with Crippen molar-refractivity contribution in [3.8, 4) is 0 Å². The van der Waals surface area contributed by atoms with E-state index in [1.165, 1.54) is 0 Å². The molecule has 3 fully saturated rings. The zero-order valence-corrected chi connectivity index (χ0v) is 24.6. The summed E-state index contributed by atoms with van der Waals surface area (Å²) in [5, 5.41) is 16.5. The molecular formula is C28H40BrN3O4S. The number of carbonyl (C=O) groups excluding carboxylic acids is 3. The number of benzene rings is 1.